The van der Waals surface area contributed by atoms with Gasteiger partial charge in [0, 0.05) is 13.1 Å². The molecule has 0 saturated carbocycles. The van der Waals surface area contributed by atoms with Crippen molar-refractivity contribution >= 4 is 21.6 Å². The fraction of sp³-hybridized carbons (Fsp3) is 0.417. The fourth-order valence-electron chi connectivity index (χ4n) is 1.91. The number of halogens is 2. The molecule has 1 saturated heterocycles. The number of nitriles is 1. The van der Waals surface area contributed by atoms with E-state index in [0.29, 0.717) is 30.9 Å². The van der Waals surface area contributed by atoms with Gasteiger partial charge in [-0.3, -0.25) is 0 Å². The molecule has 17 heavy (non-hydrogen) atoms. The lowest BCUT2D eigenvalue weighted by molar-refractivity contribution is 0.0530. The maximum absolute atomic E-state index is 14.1. The number of morpholine rings is 1. The second-order valence-corrected chi connectivity index (χ2v) is 4.79. The molecule has 1 aliphatic heterocycles. The minimum Gasteiger partial charge on any atom is -0.375 e. The molecule has 0 spiro atoms. The number of benzene rings is 1. The Hall–Kier alpha value is -1.12. The Kier molecular flexibility index (Phi) is 3.65. The zero-order valence-corrected chi connectivity index (χ0v) is 11.0. The van der Waals surface area contributed by atoms with Crippen molar-refractivity contribution in [2.45, 2.75) is 13.0 Å². The number of hydrogen-bond donors (Lipinski definition) is 0. The van der Waals surface area contributed by atoms with Crippen molar-refractivity contribution in [2.24, 2.45) is 0 Å². The monoisotopic (exact) mass is 298 g/mol. The normalized spacial score (nSPS) is 20.1. The van der Waals surface area contributed by atoms with Crippen LogP contribution in [-0.4, -0.2) is 25.8 Å². The van der Waals surface area contributed by atoms with Crippen molar-refractivity contribution in [3.8, 4) is 6.07 Å². The van der Waals surface area contributed by atoms with E-state index in [0.717, 1.165) is 0 Å². The van der Waals surface area contributed by atoms with Crippen molar-refractivity contribution in [3.05, 3.63) is 28.0 Å². The molecule has 1 unspecified atom stereocenters. The van der Waals surface area contributed by atoms with Gasteiger partial charge >= 0.3 is 0 Å². The summed E-state index contributed by atoms with van der Waals surface area (Å²) < 4.78 is 19.7. The van der Waals surface area contributed by atoms with Gasteiger partial charge in [-0.05, 0) is 35.0 Å². The first kappa shape index (κ1) is 12.3. The maximum Gasteiger partial charge on any atom is 0.161 e. The summed E-state index contributed by atoms with van der Waals surface area (Å²) in [7, 11) is 0. The van der Waals surface area contributed by atoms with Gasteiger partial charge in [0.2, 0.25) is 0 Å². The summed E-state index contributed by atoms with van der Waals surface area (Å²) in [4.78, 5) is 1.94. The lowest BCUT2D eigenvalue weighted by Crippen LogP contribution is -2.41. The highest BCUT2D eigenvalue weighted by molar-refractivity contribution is 9.10. The van der Waals surface area contributed by atoms with Crippen LogP contribution in [0.2, 0.25) is 0 Å². The van der Waals surface area contributed by atoms with Crippen molar-refractivity contribution in [3.63, 3.8) is 0 Å². The van der Waals surface area contributed by atoms with Crippen molar-refractivity contribution in [2.75, 3.05) is 24.6 Å². The van der Waals surface area contributed by atoms with Gasteiger partial charge in [0.1, 0.15) is 6.07 Å². The van der Waals surface area contributed by atoms with Crippen molar-refractivity contribution in [1.82, 2.24) is 0 Å². The summed E-state index contributed by atoms with van der Waals surface area (Å²) in [5.41, 5.74) is 0.832. The molecule has 5 heteroatoms. The number of nitrogens with zero attached hydrogens (tertiary/aromatic N) is 2. The molecular formula is C12H12BrFN2O. The highest BCUT2D eigenvalue weighted by atomic mass is 79.9. The molecule has 1 heterocycles. The van der Waals surface area contributed by atoms with Crippen LogP contribution in [0.3, 0.4) is 0 Å². The summed E-state index contributed by atoms with van der Waals surface area (Å²) >= 11 is 3.12. The second-order valence-electron chi connectivity index (χ2n) is 4.00. The first-order valence-electron chi connectivity index (χ1n) is 5.38. The molecule has 1 atom stereocenters. The van der Waals surface area contributed by atoms with E-state index in [1.165, 1.54) is 0 Å². The quantitative estimate of drug-likeness (QED) is 0.800. The number of hydrogen-bond acceptors (Lipinski definition) is 3. The third-order valence-corrected chi connectivity index (χ3v) is 3.54. The molecule has 1 aliphatic rings. The SMILES string of the molecule is CC1CN(c2ccc(C#N)c(Br)c2F)CCO1. The van der Waals surface area contributed by atoms with E-state index >= 15 is 0 Å². The summed E-state index contributed by atoms with van der Waals surface area (Å²) in [5.74, 6) is -0.377. The van der Waals surface area contributed by atoms with E-state index in [4.69, 9.17) is 10.00 Å². The van der Waals surface area contributed by atoms with Crippen LogP contribution < -0.4 is 4.90 Å². The predicted molar refractivity (Wildman–Crippen MR) is 66.4 cm³/mol. The smallest absolute Gasteiger partial charge is 0.161 e. The zero-order chi connectivity index (χ0) is 12.4. The molecule has 1 aromatic carbocycles. The van der Waals surface area contributed by atoms with Gasteiger partial charge in [-0.25, -0.2) is 4.39 Å². The van der Waals surface area contributed by atoms with Gasteiger partial charge in [-0.1, -0.05) is 0 Å². The predicted octanol–water partition coefficient (Wildman–Crippen LogP) is 2.68. The molecule has 0 radical (unpaired) electrons. The Labute approximate surface area is 108 Å². The summed E-state index contributed by atoms with van der Waals surface area (Å²) in [5, 5.41) is 8.81. The molecule has 0 aliphatic carbocycles. The van der Waals surface area contributed by atoms with Crippen LogP contribution in [-0.2, 0) is 4.74 Å². The van der Waals surface area contributed by atoms with E-state index in [1.807, 2.05) is 17.9 Å². The van der Waals surface area contributed by atoms with Crippen LogP contribution in [0.15, 0.2) is 16.6 Å². The third kappa shape index (κ3) is 2.43. The fourth-order valence-corrected chi connectivity index (χ4v) is 2.33. The average molecular weight is 299 g/mol. The highest BCUT2D eigenvalue weighted by Crippen LogP contribution is 2.30. The summed E-state index contributed by atoms with van der Waals surface area (Å²) in [6.07, 6.45) is 0.0950. The van der Waals surface area contributed by atoms with Crippen LogP contribution in [0.1, 0.15) is 12.5 Å². The number of anilines is 1. The molecule has 0 bridgehead atoms. The molecule has 2 rings (SSSR count). The number of rotatable bonds is 1. The minimum atomic E-state index is -0.377. The van der Waals surface area contributed by atoms with Gasteiger partial charge in [0.05, 0.1) is 28.4 Å². The molecule has 0 N–H and O–H groups in total. The van der Waals surface area contributed by atoms with Crippen LogP contribution in [0.5, 0.6) is 0 Å². The standard InChI is InChI=1S/C12H12BrFN2O/c1-8-7-16(4-5-17-8)10-3-2-9(6-15)11(13)12(10)14/h2-3,8H,4-5,7H2,1H3. The Balaban J connectivity index is 2.33. The lowest BCUT2D eigenvalue weighted by Gasteiger charge is -2.33. The van der Waals surface area contributed by atoms with Crippen molar-refractivity contribution < 1.29 is 9.13 Å². The molecular weight excluding hydrogens is 287 g/mol. The Bertz CT molecular complexity index is 472. The Morgan fingerprint density at radius 3 is 3.00 bits per heavy atom. The molecule has 1 aromatic rings. The van der Waals surface area contributed by atoms with Gasteiger partial charge < -0.3 is 9.64 Å². The average Bonchev–Trinajstić information content (AvgIpc) is 2.32. The third-order valence-electron chi connectivity index (χ3n) is 2.76. The molecule has 90 valence electrons. The number of ether oxygens (including phenoxy) is 1. The van der Waals surface area contributed by atoms with Crippen LogP contribution in [0.25, 0.3) is 0 Å². The van der Waals surface area contributed by atoms with E-state index in [1.54, 1.807) is 12.1 Å². The van der Waals surface area contributed by atoms with Crippen LogP contribution in [0, 0.1) is 17.1 Å². The van der Waals surface area contributed by atoms with Crippen LogP contribution in [0.4, 0.5) is 10.1 Å². The molecule has 3 nitrogen and oxygen atoms in total. The van der Waals surface area contributed by atoms with Crippen molar-refractivity contribution in [1.29, 1.82) is 5.26 Å². The second kappa shape index (κ2) is 5.03. The van der Waals surface area contributed by atoms with E-state index in [9.17, 15) is 4.39 Å². The Morgan fingerprint density at radius 2 is 2.35 bits per heavy atom. The molecule has 0 amide bonds. The van der Waals surface area contributed by atoms with Crippen LogP contribution >= 0.6 is 15.9 Å². The maximum atomic E-state index is 14.1. The minimum absolute atomic E-state index is 0.0950. The summed E-state index contributed by atoms with van der Waals surface area (Å²) in [6.45, 7) is 3.88. The largest absolute Gasteiger partial charge is 0.375 e. The van der Waals surface area contributed by atoms with E-state index in [2.05, 4.69) is 15.9 Å². The van der Waals surface area contributed by atoms with Gasteiger partial charge in [-0.2, -0.15) is 5.26 Å². The Morgan fingerprint density at radius 1 is 1.59 bits per heavy atom. The first-order valence-corrected chi connectivity index (χ1v) is 6.17. The highest BCUT2D eigenvalue weighted by Gasteiger charge is 2.21. The molecule has 0 aromatic heterocycles. The van der Waals surface area contributed by atoms with Gasteiger partial charge in [-0.15, -0.1) is 0 Å². The van der Waals surface area contributed by atoms with Gasteiger partial charge in [0.25, 0.3) is 0 Å². The first-order chi connectivity index (χ1) is 8.13. The topological polar surface area (TPSA) is 36.3 Å². The zero-order valence-electron chi connectivity index (χ0n) is 9.41. The van der Waals surface area contributed by atoms with E-state index in [-0.39, 0.29) is 16.4 Å². The molecule has 1 fully saturated rings. The summed E-state index contributed by atoms with van der Waals surface area (Å²) in [6, 6.07) is 5.22. The lowest BCUT2D eigenvalue weighted by atomic mass is 10.1. The van der Waals surface area contributed by atoms with Gasteiger partial charge in [0.15, 0.2) is 5.82 Å². The van der Waals surface area contributed by atoms with E-state index < -0.39 is 0 Å².